The highest BCUT2D eigenvalue weighted by Gasteiger charge is 2.26. The Morgan fingerprint density at radius 2 is 1.79 bits per heavy atom. The monoisotopic (exact) mass is 474 g/mol. The van der Waals surface area contributed by atoms with E-state index in [1.54, 1.807) is 4.90 Å². The number of aromatic nitrogens is 2. The predicted octanol–water partition coefficient (Wildman–Crippen LogP) is 5.29. The molecule has 0 saturated heterocycles. The lowest BCUT2D eigenvalue weighted by Crippen LogP contribution is -2.45. The van der Waals surface area contributed by atoms with Crippen molar-refractivity contribution in [2.75, 3.05) is 13.6 Å². The molecule has 6 nitrogen and oxygen atoms in total. The lowest BCUT2D eigenvalue weighted by Gasteiger charge is -2.30. The van der Waals surface area contributed by atoms with Crippen LogP contribution in [-0.2, 0) is 0 Å². The molecule has 4 aromatic rings. The van der Waals surface area contributed by atoms with Gasteiger partial charge >= 0.3 is 0 Å². The number of likely N-dealkylation sites (N-methyl/N-ethyl adjacent to an activating group) is 1. The van der Waals surface area contributed by atoms with Gasteiger partial charge in [-0.05, 0) is 36.5 Å². The van der Waals surface area contributed by atoms with Gasteiger partial charge in [0, 0.05) is 36.8 Å². The van der Waals surface area contributed by atoms with Crippen molar-refractivity contribution in [2.45, 2.75) is 33.2 Å². The summed E-state index contributed by atoms with van der Waals surface area (Å²) in [6.07, 6.45) is 2.63. The molecule has 176 valence electrons. The first-order valence-electron chi connectivity index (χ1n) is 11.5. The second-order valence-electron chi connectivity index (χ2n) is 8.92. The van der Waals surface area contributed by atoms with Crippen molar-refractivity contribution in [1.82, 2.24) is 19.6 Å². The highest BCUT2D eigenvalue weighted by Crippen LogP contribution is 2.25. The standard InChI is InChI=1S/C27H30N4O2S/c1-18(2)16-21(17-28-25(32)24-19(3)29-27-31(24)14-15-34-27)30(4)26(33)23-13-9-8-12-22(23)20-10-6-5-7-11-20/h5-15,18,21H,16-17H2,1-4H3,(H,28,32)/t21-/m0/s1. The number of thiazole rings is 1. The Hall–Kier alpha value is -3.45. The Morgan fingerprint density at radius 3 is 2.53 bits per heavy atom. The van der Waals surface area contributed by atoms with Crippen LogP contribution in [0.15, 0.2) is 66.2 Å². The van der Waals surface area contributed by atoms with Gasteiger partial charge in [-0.1, -0.05) is 62.4 Å². The van der Waals surface area contributed by atoms with Crippen molar-refractivity contribution in [1.29, 1.82) is 0 Å². The van der Waals surface area contributed by atoms with Crippen molar-refractivity contribution < 1.29 is 9.59 Å². The van der Waals surface area contributed by atoms with E-state index in [0.29, 0.717) is 29.4 Å². The van der Waals surface area contributed by atoms with Crippen LogP contribution in [0.3, 0.4) is 0 Å². The summed E-state index contributed by atoms with van der Waals surface area (Å²) in [7, 11) is 1.82. The average Bonchev–Trinajstić information content (AvgIpc) is 3.41. The van der Waals surface area contributed by atoms with Crippen LogP contribution in [0.1, 0.15) is 46.8 Å². The quantitative estimate of drug-likeness (QED) is 0.377. The van der Waals surface area contributed by atoms with Crippen LogP contribution in [0.25, 0.3) is 16.1 Å². The molecule has 2 aromatic heterocycles. The first-order chi connectivity index (χ1) is 16.4. The fourth-order valence-electron chi connectivity index (χ4n) is 4.28. The summed E-state index contributed by atoms with van der Waals surface area (Å²) in [6.45, 7) is 6.46. The van der Waals surface area contributed by atoms with Gasteiger partial charge in [-0.3, -0.25) is 14.0 Å². The summed E-state index contributed by atoms with van der Waals surface area (Å²) in [5.41, 5.74) is 3.81. The fraction of sp³-hybridized carbons (Fsp3) is 0.296. The Balaban J connectivity index is 1.55. The SMILES string of the molecule is Cc1nc2sccn2c1C(=O)NC[C@H](CC(C)C)N(C)C(=O)c1ccccc1-c1ccccc1. The largest absolute Gasteiger partial charge is 0.349 e. The first-order valence-corrected chi connectivity index (χ1v) is 12.4. The van der Waals surface area contributed by atoms with E-state index in [9.17, 15) is 9.59 Å². The number of fused-ring (bicyclic) bond motifs is 1. The number of hydrogen-bond acceptors (Lipinski definition) is 4. The molecule has 0 bridgehead atoms. The molecule has 4 rings (SSSR count). The van der Waals surface area contributed by atoms with E-state index < -0.39 is 0 Å². The molecule has 2 amide bonds. The highest BCUT2D eigenvalue weighted by molar-refractivity contribution is 7.15. The Bertz CT molecular complexity index is 1290. The van der Waals surface area contributed by atoms with Crippen molar-refractivity contribution >= 4 is 28.1 Å². The van der Waals surface area contributed by atoms with Crippen molar-refractivity contribution in [2.24, 2.45) is 5.92 Å². The zero-order chi connectivity index (χ0) is 24.2. The molecule has 1 atom stereocenters. The smallest absolute Gasteiger partial charge is 0.270 e. The second-order valence-corrected chi connectivity index (χ2v) is 9.80. The normalized spacial score (nSPS) is 12.1. The van der Waals surface area contributed by atoms with E-state index in [2.05, 4.69) is 24.1 Å². The van der Waals surface area contributed by atoms with E-state index in [0.717, 1.165) is 22.5 Å². The van der Waals surface area contributed by atoms with Crippen LogP contribution < -0.4 is 5.32 Å². The highest BCUT2D eigenvalue weighted by atomic mass is 32.1. The molecule has 34 heavy (non-hydrogen) atoms. The van der Waals surface area contributed by atoms with Crippen LogP contribution in [0, 0.1) is 12.8 Å². The molecular weight excluding hydrogens is 444 g/mol. The van der Waals surface area contributed by atoms with E-state index in [1.165, 1.54) is 11.3 Å². The van der Waals surface area contributed by atoms with E-state index >= 15 is 0 Å². The van der Waals surface area contributed by atoms with Gasteiger partial charge < -0.3 is 10.2 Å². The van der Waals surface area contributed by atoms with E-state index in [4.69, 9.17) is 0 Å². The summed E-state index contributed by atoms with van der Waals surface area (Å²) in [4.78, 5) is 33.7. The molecular formula is C27H30N4O2S. The third-order valence-electron chi connectivity index (χ3n) is 6.00. The average molecular weight is 475 g/mol. The molecule has 0 aliphatic heterocycles. The van der Waals surface area contributed by atoms with Crippen LogP contribution in [0.4, 0.5) is 0 Å². The summed E-state index contributed by atoms with van der Waals surface area (Å²) in [5, 5.41) is 4.97. The molecule has 2 aromatic carbocycles. The lowest BCUT2D eigenvalue weighted by molar-refractivity contribution is 0.0700. The summed E-state index contributed by atoms with van der Waals surface area (Å²) < 4.78 is 1.82. The lowest BCUT2D eigenvalue weighted by atomic mass is 9.97. The van der Waals surface area contributed by atoms with Gasteiger partial charge in [0.15, 0.2) is 4.96 Å². The number of benzene rings is 2. The number of carbonyl (C=O) groups is 2. The van der Waals surface area contributed by atoms with E-state index in [-0.39, 0.29) is 17.9 Å². The number of carbonyl (C=O) groups excluding carboxylic acids is 2. The van der Waals surface area contributed by atoms with Crippen molar-refractivity contribution in [3.05, 3.63) is 83.1 Å². The summed E-state index contributed by atoms with van der Waals surface area (Å²) >= 11 is 1.50. The Morgan fingerprint density at radius 1 is 1.09 bits per heavy atom. The molecule has 0 unspecified atom stereocenters. The van der Waals surface area contributed by atoms with Gasteiger partial charge in [0.2, 0.25) is 0 Å². The second kappa shape index (κ2) is 10.2. The Kier molecular flexibility index (Phi) is 7.12. The first kappa shape index (κ1) is 23.7. The van der Waals surface area contributed by atoms with E-state index in [1.807, 2.05) is 84.5 Å². The molecule has 0 aliphatic rings. The molecule has 0 saturated carbocycles. The third kappa shape index (κ3) is 4.89. The van der Waals surface area contributed by atoms with Gasteiger partial charge in [0.25, 0.3) is 11.8 Å². The van der Waals surface area contributed by atoms with Gasteiger partial charge in [0.1, 0.15) is 5.69 Å². The molecule has 0 radical (unpaired) electrons. The van der Waals surface area contributed by atoms with Crippen molar-refractivity contribution in [3.8, 4) is 11.1 Å². The van der Waals surface area contributed by atoms with Gasteiger partial charge in [-0.2, -0.15) is 0 Å². The number of nitrogens with one attached hydrogen (secondary N) is 1. The number of imidazole rings is 1. The molecule has 2 heterocycles. The van der Waals surface area contributed by atoms with Crippen LogP contribution in [0.2, 0.25) is 0 Å². The molecule has 0 aliphatic carbocycles. The van der Waals surface area contributed by atoms with Crippen LogP contribution in [0.5, 0.6) is 0 Å². The molecule has 0 fully saturated rings. The Labute approximate surface area is 204 Å². The molecule has 7 heteroatoms. The number of nitrogens with zero attached hydrogens (tertiary/aromatic N) is 3. The fourth-order valence-corrected chi connectivity index (χ4v) is 5.04. The topological polar surface area (TPSA) is 66.7 Å². The van der Waals surface area contributed by atoms with Crippen LogP contribution >= 0.6 is 11.3 Å². The number of aryl methyl sites for hydroxylation is 1. The summed E-state index contributed by atoms with van der Waals surface area (Å²) in [5.74, 6) is 0.129. The minimum absolute atomic E-state index is 0.0555. The maximum absolute atomic E-state index is 13.6. The zero-order valence-corrected chi connectivity index (χ0v) is 20.8. The number of hydrogen-bond donors (Lipinski definition) is 1. The van der Waals surface area contributed by atoms with Gasteiger partial charge in [-0.15, -0.1) is 11.3 Å². The number of amides is 2. The minimum Gasteiger partial charge on any atom is -0.349 e. The summed E-state index contributed by atoms with van der Waals surface area (Å²) in [6, 6.07) is 17.5. The zero-order valence-electron chi connectivity index (χ0n) is 20.0. The maximum Gasteiger partial charge on any atom is 0.270 e. The minimum atomic E-state index is -0.178. The number of rotatable bonds is 8. The van der Waals surface area contributed by atoms with Crippen molar-refractivity contribution in [3.63, 3.8) is 0 Å². The van der Waals surface area contributed by atoms with Gasteiger partial charge in [-0.25, -0.2) is 4.98 Å². The van der Waals surface area contributed by atoms with Gasteiger partial charge in [0.05, 0.1) is 5.69 Å². The third-order valence-corrected chi connectivity index (χ3v) is 6.76. The molecule has 0 spiro atoms. The predicted molar refractivity (Wildman–Crippen MR) is 137 cm³/mol. The maximum atomic E-state index is 13.6. The van der Waals surface area contributed by atoms with Crippen LogP contribution in [-0.4, -0.2) is 45.7 Å². The molecule has 1 N–H and O–H groups in total.